The number of carbonyl (C=O) groups is 2. The lowest BCUT2D eigenvalue weighted by molar-refractivity contribution is -0.116. The number of thioether (sulfide) groups is 1. The lowest BCUT2D eigenvalue weighted by atomic mass is 10.2. The van der Waals surface area contributed by atoms with Gasteiger partial charge in [-0.25, -0.2) is 9.78 Å². The summed E-state index contributed by atoms with van der Waals surface area (Å²) in [5.74, 6) is -0.279. The van der Waals surface area contributed by atoms with Crippen LogP contribution in [0.25, 0.3) is 11.0 Å². The predicted octanol–water partition coefficient (Wildman–Crippen LogP) is 4.27. The van der Waals surface area contributed by atoms with Gasteiger partial charge in [0.05, 0.1) is 41.4 Å². The van der Waals surface area contributed by atoms with Crippen LogP contribution in [0.2, 0.25) is 0 Å². The van der Waals surface area contributed by atoms with E-state index in [0.717, 1.165) is 11.2 Å². The van der Waals surface area contributed by atoms with Crippen molar-refractivity contribution < 1.29 is 14.3 Å². The highest BCUT2D eigenvalue weighted by atomic mass is 32.2. The second-order valence-corrected chi connectivity index (χ2v) is 7.58. The summed E-state index contributed by atoms with van der Waals surface area (Å²) in [4.78, 5) is 31.3. The van der Waals surface area contributed by atoms with E-state index < -0.39 is 0 Å². The van der Waals surface area contributed by atoms with Crippen molar-refractivity contribution in [2.24, 2.45) is 0 Å². The molecule has 3 aromatic rings. The minimum absolute atomic E-state index is 0.0895. The zero-order valence-corrected chi connectivity index (χ0v) is 18.4. The molecule has 0 radical (unpaired) electrons. The molecule has 0 bridgehead atoms. The molecular formula is C23H24N4O3S. The lowest BCUT2D eigenvalue weighted by Gasteiger charge is -2.21. The standard InChI is InChI=1S/C23H24N4O3S/c1-3-26-20-12-11-17(22(29)30-4-2)15-19(20)25-23(26)31-16-21(28)27(14-8-13-24)18-9-6-5-7-10-18/h5-7,9-12,15H,3-4,8,14,16H2,1-2H3. The van der Waals surface area contributed by atoms with Crippen molar-refractivity contribution in [1.82, 2.24) is 9.55 Å². The molecule has 31 heavy (non-hydrogen) atoms. The number of imidazole rings is 1. The molecule has 1 aromatic heterocycles. The molecule has 0 saturated heterocycles. The summed E-state index contributed by atoms with van der Waals surface area (Å²) >= 11 is 1.35. The van der Waals surface area contributed by atoms with Crippen LogP contribution in [0.1, 0.15) is 30.6 Å². The van der Waals surface area contributed by atoms with Gasteiger partial charge in [0.1, 0.15) is 0 Å². The number of esters is 1. The number of nitriles is 1. The number of rotatable bonds is 9. The SMILES string of the molecule is CCOC(=O)c1ccc2c(c1)nc(SCC(=O)N(CCC#N)c1ccccc1)n2CC. The third-order valence-electron chi connectivity index (χ3n) is 4.68. The number of fused-ring (bicyclic) bond motifs is 1. The molecule has 1 amide bonds. The van der Waals surface area contributed by atoms with E-state index in [1.165, 1.54) is 11.8 Å². The van der Waals surface area contributed by atoms with Gasteiger partial charge < -0.3 is 14.2 Å². The van der Waals surface area contributed by atoms with E-state index in [4.69, 9.17) is 10.00 Å². The topological polar surface area (TPSA) is 88.2 Å². The Labute approximate surface area is 185 Å². The predicted molar refractivity (Wildman–Crippen MR) is 121 cm³/mol. The molecule has 0 aliphatic heterocycles. The van der Waals surface area contributed by atoms with Crippen LogP contribution in [0, 0.1) is 11.3 Å². The number of carbonyl (C=O) groups excluding carboxylic acids is 2. The van der Waals surface area contributed by atoms with Crippen LogP contribution in [0.5, 0.6) is 0 Å². The van der Waals surface area contributed by atoms with Crippen molar-refractivity contribution >= 4 is 40.4 Å². The summed E-state index contributed by atoms with van der Waals surface area (Å²) < 4.78 is 7.09. The molecule has 0 fully saturated rings. The Morgan fingerprint density at radius 1 is 1.19 bits per heavy atom. The number of nitrogens with zero attached hydrogens (tertiary/aromatic N) is 4. The molecule has 3 rings (SSSR count). The van der Waals surface area contributed by atoms with Gasteiger partial charge in [0.15, 0.2) is 5.16 Å². The molecule has 0 unspecified atom stereocenters. The lowest BCUT2D eigenvalue weighted by Crippen LogP contribution is -2.33. The van der Waals surface area contributed by atoms with Gasteiger partial charge in [0.25, 0.3) is 0 Å². The van der Waals surface area contributed by atoms with Crippen LogP contribution in [0.3, 0.4) is 0 Å². The molecule has 8 heteroatoms. The van der Waals surface area contributed by atoms with Crippen LogP contribution < -0.4 is 4.90 Å². The van der Waals surface area contributed by atoms with Crippen LogP contribution in [0.4, 0.5) is 5.69 Å². The molecular weight excluding hydrogens is 412 g/mol. The monoisotopic (exact) mass is 436 g/mol. The Morgan fingerprint density at radius 2 is 1.97 bits per heavy atom. The Morgan fingerprint density at radius 3 is 2.65 bits per heavy atom. The minimum Gasteiger partial charge on any atom is -0.462 e. The smallest absolute Gasteiger partial charge is 0.338 e. The molecule has 0 N–H and O–H groups in total. The summed E-state index contributed by atoms with van der Waals surface area (Å²) in [6, 6.07) is 16.7. The van der Waals surface area contributed by atoms with E-state index in [0.29, 0.717) is 35.9 Å². The normalized spacial score (nSPS) is 10.6. The number of amides is 1. The molecule has 0 spiro atoms. The van der Waals surface area contributed by atoms with E-state index in [9.17, 15) is 9.59 Å². The maximum absolute atomic E-state index is 13.0. The summed E-state index contributed by atoms with van der Waals surface area (Å²) in [7, 11) is 0. The second kappa shape index (κ2) is 10.6. The van der Waals surface area contributed by atoms with E-state index in [2.05, 4.69) is 11.1 Å². The first kappa shape index (κ1) is 22.4. The molecule has 1 heterocycles. The Balaban J connectivity index is 1.80. The Kier molecular flexibility index (Phi) is 7.68. The van der Waals surface area contributed by atoms with Gasteiger partial charge in [0, 0.05) is 18.8 Å². The summed E-state index contributed by atoms with van der Waals surface area (Å²) in [6.45, 7) is 5.11. The van der Waals surface area contributed by atoms with Gasteiger partial charge in [-0.1, -0.05) is 30.0 Å². The number of hydrogen-bond acceptors (Lipinski definition) is 6. The third kappa shape index (κ3) is 5.25. The molecule has 0 aliphatic carbocycles. The zero-order valence-electron chi connectivity index (χ0n) is 17.6. The number of anilines is 1. The Hall–Kier alpha value is -3.31. The first-order valence-electron chi connectivity index (χ1n) is 10.1. The first-order chi connectivity index (χ1) is 15.1. The van der Waals surface area contributed by atoms with Crippen LogP contribution >= 0.6 is 11.8 Å². The van der Waals surface area contributed by atoms with Gasteiger partial charge in [-0.15, -0.1) is 0 Å². The van der Waals surface area contributed by atoms with Crippen molar-refractivity contribution in [1.29, 1.82) is 5.26 Å². The molecule has 7 nitrogen and oxygen atoms in total. The van der Waals surface area contributed by atoms with E-state index in [1.54, 1.807) is 24.0 Å². The third-order valence-corrected chi connectivity index (χ3v) is 5.64. The van der Waals surface area contributed by atoms with Crippen molar-refractivity contribution in [3.8, 4) is 6.07 Å². The quantitative estimate of drug-likeness (QED) is 0.368. The van der Waals surface area contributed by atoms with Crippen molar-refractivity contribution in [2.45, 2.75) is 32.0 Å². The van der Waals surface area contributed by atoms with Gasteiger partial charge in [-0.05, 0) is 44.2 Å². The van der Waals surface area contributed by atoms with Gasteiger partial charge in [-0.2, -0.15) is 5.26 Å². The van der Waals surface area contributed by atoms with Gasteiger partial charge in [-0.3, -0.25) is 4.79 Å². The highest BCUT2D eigenvalue weighted by Crippen LogP contribution is 2.26. The van der Waals surface area contributed by atoms with Gasteiger partial charge in [0.2, 0.25) is 5.91 Å². The Bertz CT molecular complexity index is 1110. The average Bonchev–Trinajstić information content (AvgIpc) is 3.15. The van der Waals surface area contributed by atoms with Crippen LogP contribution in [-0.4, -0.2) is 40.3 Å². The number of aryl methyl sites for hydroxylation is 1. The number of benzene rings is 2. The first-order valence-corrected chi connectivity index (χ1v) is 11.1. The maximum atomic E-state index is 13.0. The molecule has 160 valence electrons. The van der Waals surface area contributed by atoms with Crippen molar-refractivity contribution in [3.05, 3.63) is 54.1 Å². The second-order valence-electron chi connectivity index (χ2n) is 6.64. The summed E-state index contributed by atoms with van der Waals surface area (Å²) in [5.41, 5.74) is 2.81. The summed E-state index contributed by atoms with van der Waals surface area (Å²) in [5, 5.41) is 9.66. The number of para-hydroxylation sites is 1. The van der Waals surface area contributed by atoms with Crippen molar-refractivity contribution in [3.63, 3.8) is 0 Å². The fourth-order valence-corrected chi connectivity index (χ4v) is 4.19. The molecule has 0 aliphatic rings. The minimum atomic E-state index is -0.379. The average molecular weight is 437 g/mol. The van der Waals surface area contributed by atoms with Crippen molar-refractivity contribution in [2.75, 3.05) is 23.8 Å². The van der Waals surface area contributed by atoms with E-state index in [1.807, 2.05) is 47.9 Å². The van der Waals surface area contributed by atoms with Gasteiger partial charge >= 0.3 is 5.97 Å². The fraction of sp³-hybridized carbons (Fsp3) is 0.304. The maximum Gasteiger partial charge on any atom is 0.338 e. The summed E-state index contributed by atoms with van der Waals surface area (Å²) in [6.07, 6.45) is 0.259. The fourth-order valence-electron chi connectivity index (χ4n) is 3.24. The molecule has 2 aromatic carbocycles. The van der Waals surface area contributed by atoms with E-state index in [-0.39, 0.29) is 24.1 Å². The zero-order chi connectivity index (χ0) is 22.2. The van der Waals surface area contributed by atoms with Crippen LogP contribution in [-0.2, 0) is 16.1 Å². The van der Waals surface area contributed by atoms with E-state index >= 15 is 0 Å². The molecule has 0 atom stereocenters. The number of hydrogen-bond donors (Lipinski definition) is 0. The number of aromatic nitrogens is 2. The highest BCUT2D eigenvalue weighted by molar-refractivity contribution is 7.99. The number of ether oxygens (including phenoxy) is 1. The largest absolute Gasteiger partial charge is 0.462 e. The molecule has 0 saturated carbocycles. The van der Waals surface area contributed by atoms with Crippen LogP contribution in [0.15, 0.2) is 53.7 Å². The highest BCUT2D eigenvalue weighted by Gasteiger charge is 2.19.